The minimum Gasteiger partial charge on any atom is -0.494 e. The Balaban J connectivity index is 0.000000406. The van der Waals surface area contributed by atoms with Crippen LogP contribution in [-0.4, -0.2) is 59.4 Å². The molecule has 2 bridgehead atoms. The van der Waals surface area contributed by atoms with Gasteiger partial charge in [-0.25, -0.2) is 4.98 Å². The third kappa shape index (κ3) is 8.10. The summed E-state index contributed by atoms with van der Waals surface area (Å²) in [5.41, 5.74) is 5.06. The van der Waals surface area contributed by atoms with Gasteiger partial charge in [-0.1, -0.05) is 42.5 Å². The Bertz CT molecular complexity index is 1290. The van der Waals surface area contributed by atoms with E-state index in [0.717, 1.165) is 59.7 Å². The van der Waals surface area contributed by atoms with Gasteiger partial charge >= 0.3 is 12.1 Å². The number of aromatic amines is 1. The summed E-state index contributed by atoms with van der Waals surface area (Å²) in [5.74, 6) is 2.44. The lowest BCUT2D eigenvalue weighted by Crippen LogP contribution is -2.32. The number of hydrogen-bond donors (Lipinski definition) is 2. The molecule has 3 atom stereocenters. The number of carbonyl (C=O) groups is 1. The van der Waals surface area contributed by atoms with Crippen molar-refractivity contribution in [3.8, 4) is 5.75 Å². The van der Waals surface area contributed by atoms with Gasteiger partial charge in [-0.3, -0.25) is 4.79 Å². The summed E-state index contributed by atoms with van der Waals surface area (Å²) in [7, 11) is 3.97. The first-order valence-electron chi connectivity index (χ1n) is 13.9. The van der Waals surface area contributed by atoms with Gasteiger partial charge in [0.2, 0.25) is 0 Å². The summed E-state index contributed by atoms with van der Waals surface area (Å²) < 4.78 is 38.2. The van der Waals surface area contributed by atoms with Gasteiger partial charge in [0.15, 0.2) is 0 Å². The molecule has 0 unspecified atom stereocenters. The quantitative estimate of drug-likeness (QED) is 0.281. The van der Waals surface area contributed by atoms with Gasteiger partial charge in [-0.15, -0.1) is 0 Å². The molecule has 3 aliphatic rings. The number of benzene rings is 2. The summed E-state index contributed by atoms with van der Waals surface area (Å²) in [6.45, 7) is 2.30. The standard InChI is InChI=1S/C28H35N3O.C3H3F3O2/c1-31(16-7-12-27-29-25-10-6-11-26(32-2)28(25)30-27)17-15-22-18-23-14-13-21(22)19-24(23)20-8-4-3-5-9-20;4-3(5,6)1-2(7)8/h3-6,8-11,19,21-23H,7,12-18H2,1-2H3,(H,29,30);1H2,(H,7,8)/t21-,22-,23+;/m0./s1. The normalized spacial score (nSPS) is 20.2. The lowest BCUT2D eigenvalue weighted by atomic mass is 9.63. The van der Waals surface area contributed by atoms with E-state index in [2.05, 4.69) is 59.4 Å². The molecule has 2 aromatic carbocycles. The van der Waals surface area contributed by atoms with Crippen molar-refractivity contribution in [2.75, 3.05) is 27.2 Å². The number of para-hydroxylation sites is 1. The maximum atomic E-state index is 10.9. The average molecular weight is 558 g/mol. The predicted octanol–water partition coefficient (Wildman–Crippen LogP) is 6.98. The molecule has 40 heavy (non-hydrogen) atoms. The van der Waals surface area contributed by atoms with E-state index < -0.39 is 18.6 Å². The number of H-pyrrole nitrogens is 1. The maximum Gasteiger partial charge on any atom is 0.399 e. The number of aliphatic carboxylic acids is 1. The fourth-order valence-electron chi connectivity index (χ4n) is 5.98. The van der Waals surface area contributed by atoms with Crippen molar-refractivity contribution in [3.63, 3.8) is 0 Å². The van der Waals surface area contributed by atoms with Crippen molar-refractivity contribution < 1.29 is 27.8 Å². The second-order valence-electron chi connectivity index (χ2n) is 10.8. The van der Waals surface area contributed by atoms with E-state index in [9.17, 15) is 18.0 Å². The van der Waals surface area contributed by atoms with Gasteiger partial charge in [0.25, 0.3) is 0 Å². The fraction of sp³-hybridized carbons (Fsp3) is 0.484. The molecule has 0 aliphatic heterocycles. The number of ether oxygens (including phenoxy) is 1. The maximum absolute atomic E-state index is 10.9. The van der Waals surface area contributed by atoms with Crippen LogP contribution in [0.1, 0.15) is 49.9 Å². The Hall–Kier alpha value is -3.33. The molecule has 3 aliphatic carbocycles. The number of halogens is 3. The number of carboxylic acid groups (broad SMARTS) is 1. The van der Waals surface area contributed by atoms with Crippen molar-refractivity contribution in [2.45, 2.75) is 51.1 Å². The van der Waals surface area contributed by atoms with Gasteiger partial charge in [0.05, 0.1) is 12.6 Å². The molecule has 6 rings (SSSR count). The van der Waals surface area contributed by atoms with Crippen LogP contribution in [0, 0.1) is 17.8 Å². The molecular weight excluding hydrogens is 519 g/mol. The number of fused-ring (bicyclic) bond motifs is 3. The van der Waals surface area contributed by atoms with E-state index in [-0.39, 0.29) is 0 Å². The minimum atomic E-state index is -4.58. The zero-order valence-corrected chi connectivity index (χ0v) is 23.1. The number of imidazole rings is 1. The zero-order valence-electron chi connectivity index (χ0n) is 23.1. The molecule has 0 radical (unpaired) electrons. The highest BCUT2D eigenvalue weighted by Crippen LogP contribution is 2.48. The van der Waals surface area contributed by atoms with E-state index in [0.29, 0.717) is 0 Å². The number of hydrogen-bond acceptors (Lipinski definition) is 4. The van der Waals surface area contributed by atoms with E-state index in [1.54, 1.807) is 12.7 Å². The van der Waals surface area contributed by atoms with Crippen molar-refractivity contribution in [1.82, 2.24) is 14.9 Å². The van der Waals surface area contributed by atoms with Gasteiger partial charge in [0, 0.05) is 6.42 Å². The number of nitrogens with one attached hydrogen (secondary N) is 1. The summed E-state index contributed by atoms with van der Waals surface area (Å²) in [6.07, 6.45) is 3.82. The zero-order chi connectivity index (χ0) is 28.7. The first-order valence-corrected chi connectivity index (χ1v) is 13.9. The van der Waals surface area contributed by atoms with Crippen LogP contribution < -0.4 is 4.74 Å². The van der Waals surface area contributed by atoms with Gasteiger partial charge < -0.3 is 19.7 Å². The number of nitrogens with zero attached hydrogens (tertiary/aromatic N) is 2. The molecule has 9 heteroatoms. The van der Waals surface area contributed by atoms with Crippen molar-refractivity contribution in [3.05, 3.63) is 66.0 Å². The van der Waals surface area contributed by atoms with Crippen LogP contribution in [0.3, 0.4) is 0 Å². The lowest BCUT2D eigenvalue weighted by Gasteiger charge is -2.42. The molecule has 3 aromatic rings. The number of allylic oxidation sites excluding steroid dienone is 2. The first-order chi connectivity index (χ1) is 19.1. The van der Waals surface area contributed by atoms with Gasteiger partial charge in [-0.05, 0) is 93.3 Å². The molecule has 6 nitrogen and oxygen atoms in total. The molecular formula is C31H38F3N3O3. The van der Waals surface area contributed by atoms with Crippen LogP contribution in [0.4, 0.5) is 13.2 Å². The summed E-state index contributed by atoms with van der Waals surface area (Å²) in [6, 6.07) is 17.1. The highest BCUT2D eigenvalue weighted by Gasteiger charge is 2.36. The average Bonchev–Trinajstić information content (AvgIpc) is 3.35. The molecule has 0 amide bonds. The highest BCUT2D eigenvalue weighted by molar-refractivity contribution is 5.81. The minimum absolute atomic E-state index is 0.766. The molecule has 0 spiro atoms. The summed E-state index contributed by atoms with van der Waals surface area (Å²) in [4.78, 5) is 20.0. The number of alkyl halides is 3. The van der Waals surface area contributed by atoms with Crippen LogP contribution in [0.25, 0.3) is 16.6 Å². The van der Waals surface area contributed by atoms with Crippen LogP contribution >= 0.6 is 0 Å². The fourth-order valence-corrected chi connectivity index (χ4v) is 5.98. The molecule has 1 aromatic heterocycles. The molecule has 1 heterocycles. The Morgan fingerprint density at radius 2 is 1.90 bits per heavy atom. The predicted molar refractivity (Wildman–Crippen MR) is 150 cm³/mol. The highest BCUT2D eigenvalue weighted by atomic mass is 19.4. The molecule has 1 fully saturated rings. The monoisotopic (exact) mass is 557 g/mol. The van der Waals surface area contributed by atoms with E-state index in [1.165, 1.54) is 37.8 Å². The molecule has 2 N–H and O–H groups in total. The smallest absolute Gasteiger partial charge is 0.399 e. The van der Waals surface area contributed by atoms with E-state index >= 15 is 0 Å². The Morgan fingerprint density at radius 3 is 2.52 bits per heavy atom. The SMILES string of the molecule is COc1cccc2[nH]c(CCCN(C)CC[C@H]3C[C@H]4CC[C@H]3C=C4c3ccccc3)nc12.O=C(O)CC(F)(F)F. The van der Waals surface area contributed by atoms with Crippen molar-refractivity contribution in [2.24, 2.45) is 17.8 Å². The van der Waals surface area contributed by atoms with Gasteiger partial charge in [-0.2, -0.15) is 13.2 Å². The van der Waals surface area contributed by atoms with Crippen LogP contribution in [-0.2, 0) is 11.2 Å². The number of aromatic nitrogens is 2. The second kappa shape index (κ2) is 13.4. The second-order valence-corrected chi connectivity index (χ2v) is 10.8. The van der Waals surface area contributed by atoms with Crippen molar-refractivity contribution in [1.29, 1.82) is 0 Å². The number of methoxy groups -OCH3 is 1. The Kier molecular flexibility index (Phi) is 9.90. The molecule has 1 saturated carbocycles. The third-order valence-corrected chi connectivity index (χ3v) is 7.91. The lowest BCUT2D eigenvalue weighted by molar-refractivity contribution is -0.166. The molecule has 216 valence electrons. The van der Waals surface area contributed by atoms with E-state index in [4.69, 9.17) is 14.8 Å². The number of aryl methyl sites for hydroxylation is 1. The van der Waals surface area contributed by atoms with Crippen molar-refractivity contribution >= 4 is 22.6 Å². The topological polar surface area (TPSA) is 78.5 Å². The summed E-state index contributed by atoms with van der Waals surface area (Å²) in [5, 5.41) is 7.53. The summed E-state index contributed by atoms with van der Waals surface area (Å²) >= 11 is 0. The van der Waals surface area contributed by atoms with Crippen LogP contribution in [0.5, 0.6) is 5.75 Å². The molecule has 0 saturated heterocycles. The Morgan fingerprint density at radius 1 is 1.12 bits per heavy atom. The number of carboxylic acids is 1. The largest absolute Gasteiger partial charge is 0.494 e. The first kappa shape index (κ1) is 29.6. The number of rotatable bonds is 10. The van der Waals surface area contributed by atoms with Crippen LogP contribution in [0.2, 0.25) is 0 Å². The third-order valence-electron chi connectivity index (χ3n) is 7.91. The van der Waals surface area contributed by atoms with E-state index in [1.807, 2.05) is 12.1 Å². The Labute approximate surface area is 233 Å². The van der Waals surface area contributed by atoms with Gasteiger partial charge in [0.1, 0.15) is 23.5 Å². The van der Waals surface area contributed by atoms with Crippen LogP contribution in [0.15, 0.2) is 54.6 Å².